The Bertz CT molecular complexity index is 740. The van der Waals surface area contributed by atoms with Gasteiger partial charge in [-0.15, -0.1) is 0 Å². The predicted octanol–water partition coefficient (Wildman–Crippen LogP) is 1.70. The van der Waals surface area contributed by atoms with Crippen molar-refractivity contribution < 1.29 is 4.39 Å². The van der Waals surface area contributed by atoms with Crippen molar-refractivity contribution in [2.75, 3.05) is 5.73 Å². The van der Waals surface area contributed by atoms with E-state index in [1.54, 1.807) is 24.0 Å². The summed E-state index contributed by atoms with van der Waals surface area (Å²) < 4.78 is 17.0. The van der Waals surface area contributed by atoms with Gasteiger partial charge in [-0.25, -0.2) is 9.37 Å². The number of halogens is 1. The summed E-state index contributed by atoms with van der Waals surface area (Å²) in [5, 5.41) is 4.07. The lowest BCUT2D eigenvalue weighted by atomic mass is 10.3. The summed E-state index contributed by atoms with van der Waals surface area (Å²) >= 11 is 0. The fourth-order valence-electron chi connectivity index (χ4n) is 2.04. The molecule has 1 aromatic carbocycles. The van der Waals surface area contributed by atoms with Crippen molar-refractivity contribution in [2.24, 2.45) is 14.1 Å². The Morgan fingerprint density at radius 2 is 2.06 bits per heavy atom. The number of hydrogen-bond donors (Lipinski definition) is 1. The molecule has 92 valence electrons. The van der Waals surface area contributed by atoms with Gasteiger partial charge >= 0.3 is 0 Å². The molecule has 2 N–H and O–H groups in total. The van der Waals surface area contributed by atoms with Crippen molar-refractivity contribution >= 4 is 16.9 Å². The number of aromatic nitrogens is 4. The van der Waals surface area contributed by atoms with Crippen molar-refractivity contribution in [2.45, 2.75) is 0 Å². The summed E-state index contributed by atoms with van der Waals surface area (Å²) in [5.41, 5.74) is 7.70. The lowest BCUT2D eigenvalue weighted by molar-refractivity contribution is 0.637. The van der Waals surface area contributed by atoms with Gasteiger partial charge in [-0.3, -0.25) is 4.68 Å². The fourth-order valence-corrected chi connectivity index (χ4v) is 2.04. The van der Waals surface area contributed by atoms with Crippen molar-refractivity contribution in [3.8, 4) is 11.4 Å². The Morgan fingerprint density at radius 1 is 1.28 bits per heavy atom. The molecule has 0 aliphatic heterocycles. The smallest absolute Gasteiger partial charge is 0.151 e. The van der Waals surface area contributed by atoms with Gasteiger partial charge in [0.2, 0.25) is 0 Å². The molecule has 18 heavy (non-hydrogen) atoms. The summed E-state index contributed by atoms with van der Waals surface area (Å²) in [6.07, 6.45) is 1.63. The van der Waals surface area contributed by atoms with Crippen LogP contribution in [0.15, 0.2) is 24.4 Å². The molecule has 2 heterocycles. The maximum atomic E-state index is 13.7. The van der Waals surface area contributed by atoms with Crippen LogP contribution in [0.5, 0.6) is 0 Å². The zero-order chi connectivity index (χ0) is 12.9. The van der Waals surface area contributed by atoms with Gasteiger partial charge in [0, 0.05) is 14.1 Å². The van der Waals surface area contributed by atoms with Crippen LogP contribution in [0.2, 0.25) is 0 Å². The largest absolute Gasteiger partial charge is 0.383 e. The zero-order valence-corrected chi connectivity index (χ0v) is 10.1. The predicted molar refractivity (Wildman–Crippen MR) is 67.3 cm³/mol. The van der Waals surface area contributed by atoms with Gasteiger partial charge in [0.05, 0.1) is 17.3 Å². The number of aryl methyl sites for hydroxylation is 2. The molecule has 0 bridgehead atoms. The Labute approximate surface area is 103 Å². The van der Waals surface area contributed by atoms with Gasteiger partial charge in [0.1, 0.15) is 17.2 Å². The molecule has 5 nitrogen and oxygen atoms in total. The minimum Gasteiger partial charge on any atom is -0.383 e. The third-order valence-corrected chi connectivity index (χ3v) is 3.09. The van der Waals surface area contributed by atoms with E-state index in [2.05, 4.69) is 10.1 Å². The van der Waals surface area contributed by atoms with Crippen LogP contribution in [-0.4, -0.2) is 19.3 Å². The number of nitrogen functional groups attached to an aromatic ring is 1. The van der Waals surface area contributed by atoms with E-state index in [-0.39, 0.29) is 5.82 Å². The van der Waals surface area contributed by atoms with Gasteiger partial charge in [0.25, 0.3) is 0 Å². The zero-order valence-electron chi connectivity index (χ0n) is 10.1. The first-order valence-corrected chi connectivity index (χ1v) is 5.48. The highest BCUT2D eigenvalue weighted by molar-refractivity contribution is 5.83. The molecule has 0 fully saturated rings. The topological polar surface area (TPSA) is 61.7 Å². The lowest BCUT2D eigenvalue weighted by Crippen LogP contribution is -2.00. The standard InChI is InChI=1S/C12H12FN5/c1-17-9-5-3-4-8(13)10(9)16-12(17)7-6-15-18(2)11(7)14/h3-6H,14H2,1-2H3. The van der Waals surface area contributed by atoms with Crippen LogP contribution in [-0.2, 0) is 14.1 Å². The molecular weight excluding hydrogens is 233 g/mol. The van der Waals surface area contributed by atoms with Crippen LogP contribution >= 0.6 is 0 Å². The van der Waals surface area contributed by atoms with Crippen LogP contribution in [0.3, 0.4) is 0 Å². The third kappa shape index (κ3) is 1.32. The van der Waals surface area contributed by atoms with Gasteiger partial charge in [0.15, 0.2) is 5.82 Å². The number of fused-ring (bicyclic) bond motifs is 1. The van der Waals surface area contributed by atoms with E-state index in [4.69, 9.17) is 5.73 Å². The Balaban J connectivity index is 2.34. The summed E-state index contributed by atoms with van der Waals surface area (Å²) in [7, 11) is 3.58. The highest BCUT2D eigenvalue weighted by Crippen LogP contribution is 2.28. The number of hydrogen-bond acceptors (Lipinski definition) is 3. The fraction of sp³-hybridized carbons (Fsp3) is 0.167. The average molecular weight is 245 g/mol. The summed E-state index contributed by atoms with van der Waals surface area (Å²) in [6, 6.07) is 4.88. The molecular formula is C12H12FN5. The number of benzene rings is 1. The van der Waals surface area contributed by atoms with E-state index in [1.165, 1.54) is 6.07 Å². The van der Waals surface area contributed by atoms with Crippen molar-refractivity contribution in [3.05, 3.63) is 30.2 Å². The van der Waals surface area contributed by atoms with Crippen molar-refractivity contribution in [1.29, 1.82) is 0 Å². The molecule has 2 aromatic heterocycles. The van der Waals surface area contributed by atoms with E-state index in [1.807, 2.05) is 17.7 Å². The van der Waals surface area contributed by atoms with Crippen LogP contribution in [0, 0.1) is 5.82 Å². The first-order valence-electron chi connectivity index (χ1n) is 5.48. The summed E-state index contributed by atoms with van der Waals surface area (Å²) in [5.74, 6) is 0.784. The van der Waals surface area contributed by atoms with Gasteiger partial charge < -0.3 is 10.3 Å². The van der Waals surface area contributed by atoms with E-state index in [9.17, 15) is 4.39 Å². The second kappa shape index (κ2) is 3.56. The number of anilines is 1. The maximum absolute atomic E-state index is 13.7. The second-order valence-electron chi connectivity index (χ2n) is 4.17. The Morgan fingerprint density at radius 3 is 2.67 bits per heavy atom. The van der Waals surface area contributed by atoms with Gasteiger partial charge in [-0.05, 0) is 12.1 Å². The van der Waals surface area contributed by atoms with Gasteiger partial charge in [-0.1, -0.05) is 6.07 Å². The number of para-hydroxylation sites is 1. The molecule has 0 spiro atoms. The summed E-state index contributed by atoms with van der Waals surface area (Å²) in [4.78, 5) is 4.31. The first-order chi connectivity index (χ1) is 8.59. The molecule has 3 rings (SSSR count). The van der Waals surface area contributed by atoms with Gasteiger partial charge in [-0.2, -0.15) is 5.10 Å². The Kier molecular flexibility index (Phi) is 2.13. The van der Waals surface area contributed by atoms with E-state index in [0.717, 1.165) is 5.52 Å². The van der Waals surface area contributed by atoms with E-state index in [0.29, 0.717) is 22.7 Å². The third-order valence-electron chi connectivity index (χ3n) is 3.09. The maximum Gasteiger partial charge on any atom is 0.151 e. The van der Waals surface area contributed by atoms with Crippen LogP contribution in [0.1, 0.15) is 0 Å². The molecule has 0 unspecified atom stereocenters. The first kappa shape index (κ1) is 10.8. The van der Waals surface area contributed by atoms with Crippen LogP contribution < -0.4 is 5.73 Å². The molecule has 6 heteroatoms. The molecule has 0 saturated heterocycles. The van der Waals surface area contributed by atoms with E-state index < -0.39 is 0 Å². The minimum absolute atomic E-state index is 0.336. The number of rotatable bonds is 1. The molecule has 0 aliphatic rings. The molecule has 0 saturated carbocycles. The second-order valence-corrected chi connectivity index (χ2v) is 4.17. The molecule has 0 atom stereocenters. The summed E-state index contributed by atoms with van der Waals surface area (Å²) in [6.45, 7) is 0. The number of nitrogens with zero attached hydrogens (tertiary/aromatic N) is 4. The van der Waals surface area contributed by atoms with E-state index >= 15 is 0 Å². The number of nitrogens with two attached hydrogens (primary N) is 1. The van der Waals surface area contributed by atoms with Crippen molar-refractivity contribution in [1.82, 2.24) is 19.3 Å². The van der Waals surface area contributed by atoms with Crippen molar-refractivity contribution in [3.63, 3.8) is 0 Å². The SMILES string of the molecule is Cn1ncc(-c2nc3c(F)cccc3n2C)c1N. The number of imidazole rings is 1. The highest BCUT2D eigenvalue weighted by Gasteiger charge is 2.16. The normalized spacial score (nSPS) is 11.3. The quantitative estimate of drug-likeness (QED) is 0.709. The highest BCUT2D eigenvalue weighted by atomic mass is 19.1. The molecule has 0 amide bonds. The molecule has 3 aromatic rings. The van der Waals surface area contributed by atoms with Crippen LogP contribution in [0.25, 0.3) is 22.4 Å². The molecule has 0 aliphatic carbocycles. The minimum atomic E-state index is -0.336. The molecule has 0 radical (unpaired) electrons. The monoisotopic (exact) mass is 245 g/mol. The van der Waals surface area contributed by atoms with Crippen LogP contribution in [0.4, 0.5) is 10.2 Å². The Hall–Kier alpha value is -2.37. The lowest BCUT2D eigenvalue weighted by Gasteiger charge is -2.01. The average Bonchev–Trinajstić information content (AvgIpc) is 2.84.